The molecule has 0 unspecified atom stereocenters. The molecule has 0 spiro atoms. The maximum absolute atomic E-state index is 12.2. The van der Waals surface area contributed by atoms with E-state index in [1.807, 2.05) is 25.3 Å². The van der Waals surface area contributed by atoms with Gasteiger partial charge in [0.2, 0.25) is 0 Å². The Kier molecular flexibility index (Phi) is 4.52. The summed E-state index contributed by atoms with van der Waals surface area (Å²) in [7, 11) is 2.11. The number of aryl methyl sites for hydroxylation is 2. The van der Waals surface area contributed by atoms with Crippen LogP contribution in [0.3, 0.4) is 0 Å². The van der Waals surface area contributed by atoms with Crippen molar-refractivity contribution in [3.05, 3.63) is 39.8 Å². The van der Waals surface area contributed by atoms with Crippen molar-refractivity contribution in [2.24, 2.45) is 0 Å². The number of rotatable bonds is 3. The molecule has 3 rings (SSSR count). The van der Waals surface area contributed by atoms with Gasteiger partial charge in [0.25, 0.3) is 0 Å². The molecule has 23 heavy (non-hydrogen) atoms. The first kappa shape index (κ1) is 15.8. The molecule has 0 saturated heterocycles. The standard InChI is InChI=1S/C17H22N4OS/c1-11(15-10-23-12(2)19-15)18-17(22)20-14-6-7-16-13(9-14)5-4-8-21(16)3/h6-7,9-11H,4-5,8H2,1-3H3,(H2,18,20,22)/t11-/m1/s1. The molecule has 1 aliphatic rings. The highest BCUT2D eigenvalue weighted by molar-refractivity contribution is 7.09. The molecule has 0 radical (unpaired) electrons. The minimum atomic E-state index is -0.202. The Balaban J connectivity index is 1.64. The summed E-state index contributed by atoms with van der Waals surface area (Å²) in [6.45, 7) is 4.99. The van der Waals surface area contributed by atoms with Crippen LogP contribution in [0.5, 0.6) is 0 Å². The number of aromatic nitrogens is 1. The van der Waals surface area contributed by atoms with Gasteiger partial charge >= 0.3 is 6.03 Å². The average molecular weight is 330 g/mol. The average Bonchev–Trinajstić information content (AvgIpc) is 2.94. The van der Waals surface area contributed by atoms with Crippen molar-refractivity contribution < 1.29 is 4.79 Å². The Hall–Kier alpha value is -2.08. The Morgan fingerprint density at radius 2 is 2.26 bits per heavy atom. The van der Waals surface area contributed by atoms with E-state index in [-0.39, 0.29) is 12.1 Å². The molecule has 122 valence electrons. The number of thiazole rings is 1. The smallest absolute Gasteiger partial charge is 0.319 e. The normalized spacial score (nSPS) is 15.0. The fourth-order valence-electron chi connectivity index (χ4n) is 2.88. The first-order valence-electron chi connectivity index (χ1n) is 7.86. The molecule has 2 heterocycles. The Bertz CT molecular complexity index is 712. The SMILES string of the molecule is Cc1nc([C@@H](C)NC(=O)Nc2ccc3c(c2)CCCN3C)cs1. The van der Waals surface area contributed by atoms with Crippen LogP contribution in [0.1, 0.15) is 35.7 Å². The maximum Gasteiger partial charge on any atom is 0.319 e. The highest BCUT2D eigenvalue weighted by Crippen LogP contribution is 2.28. The van der Waals surface area contributed by atoms with Crippen molar-refractivity contribution in [2.45, 2.75) is 32.7 Å². The number of nitrogens with zero attached hydrogens (tertiary/aromatic N) is 2. The molecule has 2 aromatic rings. The Morgan fingerprint density at radius 1 is 1.43 bits per heavy atom. The number of carbonyl (C=O) groups excluding carboxylic acids is 1. The van der Waals surface area contributed by atoms with Crippen LogP contribution < -0.4 is 15.5 Å². The number of amides is 2. The van der Waals surface area contributed by atoms with Crippen LogP contribution in [-0.4, -0.2) is 24.6 Å². The lowest BCUT2D eigenvalue weighted by Gasteiger charge is -2.27. The molecule has 2 N–H and O–H groups in total. The number of anilines is 2. The molecule has 1 aromatic carbocycles. The lowest BCUT2D eigenvalue weighted by Crippen LogP contribution is -2.31. The van der Waals surface area contributed by atoms with E-state index >= 15 is 0 Å². The third kappa shape index (κ3) is 3.64. The number of hydrogen-bond donors (Lipinski definition) is 2. The van der Waals surface area contributed by atoms with Gasteiger partial charge in [0.1, 0.15) is 0 Å². The number of fused-ring (bicyclic) bond motifs is 1. The van der Waals surface area contributed by atoms with Crippen molar-refractivity contribution in [3.63, 3.8) is 0 Å². The number of hydrogen-bond acceptors (Lipinski definition) is 4. The molecular formula is C17H22N4OS. The van der Waals surface area contributed by atoms with Gasteiger partial charge in [0, 0.05) is 30.3 Å². The zero-order valence-electron chi connectivity index (χ0n) is 13.7. The molecule has 0 fully saturated rings. The van der Waals surface area contributed by atoms with Crippen molar-refractivity contribution in [2.75, 3.05) is 23.8 Å². The fourth-order valence-corrected chi connectivity index (χ4v) is 3.59. The first-order valence-corrected chi connectivity index (χ1v) is 8.74. The van der Waals surface area contributed by atoms with Crippen LogP contribution >= 0.6 is 11.3 Å². The second-order valence-corrected chi connectivity index (χ2v) is 7.04. The predicted octanol–water partition coefficient (Wildman–Crippen LogP) is 3.72. The van der Waals surface area contributed by atoms with Gasteiger partial charge in [-0.3, -0.25) is 0 Å². The van der Waals surface area contributed by atoms with Crippen molar-refractivity contribution in [3.8, 4) is 0 Å². The van der Waals surface area contributed by atoms with Crippen LogP contribution in [0.15, 0.2) is 23.6 Å². The Morgan fingerprint density at radius 3 is 3.00 bits per heavy atom. The van der Waals surface area contributed by atoms with Gasteiger partial charge in [-0.1, -0.05) is 0 Å². The topological polar surface area (TPSA) is 57.3 Å². The molecule has 0 bridgehead atoms. The molecule has 0 aliphatic carbocycles. The van der Waals surface area contributed by atoms with E-state index in [4.69, 9.17) is 0 Å². The molecule has 1 aromatic heterocycles. The fraction of sp³-hybridized carbons (Fsp3) is 0.412. The quantitative estimate of drug-likeness (QED) is 0.902. The van der Waals surface area contributed by atoms with Gasteiger partial charge in [0.05, 0.1) is 16.7 Å². The van der Waals surface area contributed by atoms with Crippen molar-refractivity contribution >= 4 is 28.7 Å². The summed E-state index contributed by atoms with van der Waals surface area (Å²) in [5.74, 6) is 0. The third-order valence-electron chi connectivity index (χ3n) is 4.12. The van der Waals surface area contributed by atoms with E-state index in [0.717, 1.165) is 35.8 Å². The summed E-state index contributed by atoms with van der Waals surface area (Å²) in [5, 5.41) is 8.84. The second-order valence-electron chi connectivity index (χ2n) is 5.98. The largest absolute Gasteiger partial charge is 0.374 e. The van der Waals surface area contributed by atoms with Gasteiger partial charge < -0.3 is 15.5 Å². The van der Waals surface area contributed by atoms with Gasteiger partial charge in [-0.15, -0.1) is 11.3 Å². The van der Waals surface area contributed by atoms with Crippen LogP contribution in [0.25, 0.3) is 0 Å². The first-order chi connectivity index (χ1) is 11.0. The summed E-state index contributed by atoms with van der Waals surface area (Å²) in [5.41, 5.74) is 4.28. The van der Waals surface area contributed by atoms with Crippen LogP contribution in [0.2, 0.25) is 0 Å². The molecule has 5 nitrogen and oxygen atoms in total. The molecule has 0 saturated carbocycles. The van der Waals surface area contributed by atoms with Gasteiger partial charge in [-0.2, -0.15) is 0 Å². The van der Waals surface area contributed by atoms with Gasteiger partial charge in [-0.25, -0.2) is 9.78 Å². The second kappa shape index (κ2) is 6.58. The van der Waals surface area contributed by atoms with Crippen LogP contribution in [-0.2, 0) is 6.42 Å². The van der Waals surface area contributed by atoms with E-state index in [9.17, 15) is 4.79 Å². The van der Waals surface area contributed by atoms with Crippen molar-refractivity contribution in [1.29, 1.82) is 0 Å². The predicted molar refractivity (Wildman–Crippen MR) is 95.5 cm³/mol. The number of nitrogens with one attached hydrogen (secondary N) is 2. The molecule has 2 amide bonds. The van der Waals surface area contributed by atoms with E-state index < -0.39 is 0 Å². The maximum atomic E-state index is 12.2. The van der Waals surface area contributed by atoms with Gasteiger partial charge in [0.15, 0.2) is 0 Å². The minimum absolute atomic E-state index is 0.108. The number of urea groups is 1. The lowest BCUT2D eigenvalue weighted by molar-refractivity contribution is 0.249. The summed E-state index contributed by atoms with van der Waals surface area (Å²) >= 11 is 1.59. The van der Waals surface area contributed by atoms with Crippen LogP contribution in [0, 0.1) is 6.92 Å². The number of carbonyl (C=O) groups is 1. The highest BCUT2D eigenvalue weighted by atomic mass is 32.1. The lowest BCUT2D eigenvalue weighted by atomic mass is 10.0. The molecule has 1 atom stereocenters. The van der Waals surface area contributed by atoms with Crippen molar-refractivity contribution in [1.82, 2.24) is 10.3 Å². The molecular weight excluding hydrogens is 308 g/mol. The molecule has 1 aliphatic heterocycles. The zero-order chi connectivity index (χ0) is 16.4. The summed E-state index contributed by atoms with van der Waals surface area (Å²) in [6.07, 6.45) is 2.21. The third-order valence-corrected chi connectivity index (χ3v) is 4.91. The Labute approximate surface area is 140 Å². The van der Waals surface area contributed by atoms with E-state index in [2.05, 4.69) is 39.7 Å². The summed E-state index contributed by atoms with van der Waals surface area (Å²) in [4.78, 5) is 18.8. The summed E-state index contributed by atoms with van der Waals surface area (Å²) in [6, 6.07) is 5.80. The number of benzene rings is 1. The highest BCUT2D eigenvalue weighted by Gasteiger charge is 2.15. The van der Waals surface area contributed by atoms with E-state index in [0.29, 0.717) is 0 Å². The molecule has 6 heteroatoms. The van der Waals surface area contributed by atoms with Crippen LogP contribution in [0.4, 0.5) is 16.2 Å². The monoisotopic (exact) mass is 330 g/mol. The summed E-state index contributed by atoms with van der Waals surface area (Å²) < 4.78 is 0. The van der Waals surface area contributed by atoms with E-state index in [1.165, 1.54) is 11.3 Å². The van der Waals surface area contributed by atoms with Gasteiger partial charge in [-0.05, 0) is 50.5 Å². The van der Waals surface area contributed by atoms with E-state index in [1.54, 1.807) is 11.3 Å². The zero-order valence-corrected chi connectivity index (χ0v) is 14.5. The minimum Gasteiger partial charge on any atom is -0.374 e.